The van der Waals surface area contributed by atoms with Crippen LogP contribution in [0, 0.1) is 22.7 Å². The molecule has 2 rings (SSSR count). The highest BCUT2D eigenvalue weighted by molar-refractivity contribution is 5.75. The topological polar surface area (TPSA) is 47.6 Å². The number of hydrogen-bond donors (Lipinski definition) is 0. The van der Waals surface area contributed by atoms with Gasteiger partial charge < -0.3 is 0 Å². The van der Waals surface area contributed by atoms with Gasteiger partial charge >= 0.3 is 0 Å². The van der Waals surface area contributed by atoms with Gasteiger partial charge in [0.2, 0.25) is 0 Å². The van der Waals surface area contributed by atoms with E-state index in [1.54, 1.807) is 18.2 Å². The zero-order valence-electron chi connectivity index (χ0n) is 7.36. The second-order valence-electron chi connectivity index (χ2n) is 2.97. The molecular formula is C12H6N2. The third kappa shape index (κ3) is 1.20. The molecule has 0 radical (unpaired) electrons. The Morgan fingerprint density at radius 1 is 0.929 bits per heavy atom. The monoisotopic (exact) mass is 178 g/mol. The van der Waals surface area contributed by atoms with E-state index in [0.29, 0.717) is 11.1 Å². The smallest absolute Gasteiger partial charge is 0.0998 e. The molecule has 0 atom stereocenters. The van der Waals surface area contributed by atoms with Crippen molar-refractivity contribution in [1.82, 2.24) is 0 Å². The van der Waals surface area contributed by atoms with Crippen LogP contribution in [0.25, 0.3) is 11.1 Å². The standard InChI is InChI=1S/C12H6N2/c13-7-9-5-10-3-1-2-4-11(8-14)12(10)6-9/h1-6H. The molecule has 0 unspecified atom stereocenters. The van der Waals surface area contributed by atoms with Gasteiger partial charge in [0.1, 0.15) is 0 Å². The zero-order valence-corrected chi connectivity index (χ0v) is 7.36. The Labute approximate surface area is 82.0 Å². The molecule has 0 saturated heterocycles. The van der Waals surface area contributed by atoms with E-state index in [9.17, 15) is 0 Å². The van der Waals surface area contributed by atoms with Crippen LogP contribution in [-0.4, -0.2) is 0 Å². The lowest BCUT2D eigenvalue weighted by molar-refractivity contribution is 1.49. The molecule has 0 heterocycles. The summed E-state index contributed by atoms with van der Waals surface area (Å²) in [7, 11) is 0. The van der Waals surface area contributed by atoms with Crippen LogP contribution in [0.4, 0.5) is 0 Å². The van der Waals surface area contributed by atoms with E-state index in [0.717, 1.165) is 11.1 Å². The molecule has 0 fully saturated rings. The first-order valence-corrected chi connectivity index (χ1v) is 4.18. The minimum atomic E-state index is 0.600. The zero-order chi connectivity index (χ0) is 9.97. The summed E-state index contributed by atoms with van der Waals surface area (Å²) < 4.78 is 0. The van der Waals surface area contributed by atoms with Crippen molar-refractivity contribution in [3.8, 4) is 23.3 Å². The normalized spacial score (nSPS) is 9.29. The van der Waals surface area contributed by atoms with Gasteiger partial charge in [0.25, 0.3) is 0 Å². The van der Waals surface area contributed by atoms with Gasteiger partial charge in [-0.05, 0) is 23.8 Å². The Morgan fingerprint density at radius 2 is 1.71 bits per heavy atom. The summed E-state index contributed by atoms with van der Waals surface area (Å²) >= 11 is 0. The summed E-state index contributed by atoms with van der Waals surface area (Å²) in [5, 5.41) is 17.6. The van der Waals surface area contributed by atoms with Crippen molar-refractivity contribution in [2.24, 2.45) is 0 Å². The quantitative estimate of drug-likeness (QED) is 0.622. The van der Waals surface area contributed by atoms with Crippen molar-refractivity contribution in [3.05, 3.63) is 47.5 Å². The van der Waals surface area contributed by atoms with Gasteiger partial charge in [0, 0.05) is 5.56 Å². The molecule has 0 aromatic rings. The molecule has 0 saturated carbocycles. The molecule has 0 amide bonds. The Balaban J connectivity index is 2.80. The van der Waals surface area contributed by atoms with E-state index in [1.165, 1.54) is 0 Å². The maximum Gasteiger partial charge on any atom is 0.0998 e. The van der Waals surface area contributed by atoms with Crippen LogP contribution < -0.4 is 0 Å². The van der Waals surface area contributed by atoms with Crippen molar-refractivity contribution >= 4 is 0 Å². The van der Waals surface area contributed by atoms with E-state index in [2.05, 4.69) is 12.1 Å². The average molecular weight is 178 g/mol. The predicted octanol–water partition coefficient (Wildman–Crippen LogP) is 2.53. The minimum Gasteiger partial charge on any atom is -0.192 e. The fourth-order valence-corrected chi connectivity index (χ4v) is 1.46. The van der Waals surface area contributed by atoms with Gasteiger partial charge in [-0.1, -0.05) is 18.2 Å². The number of rotatable bonds is 0. The molecule has 0 aromatic carbocycles. The van der Waals surface area contributed by atoms with Crippen molar-refractivity contribution in [2.45, 2.75) is 0 Å². The van der Waals surface area contributed by atoms with E-state index in [4.69, 9.17) is 10.5 Å². The molecule has 0 bridgehead atoms. The van der Waals surface area contributed by atoms with E-state index < -0.39 is 0 Å². The summed E-state index contributed by atoms with van der Waals surface area (Å²) in [5.41, 5.74) is 2.98. The first-order chi connectivity index (χ1) is 6.85. The summed E-state index contributed by atoms with van der Waals surface area (Å²) in [6, 6.07) is 15.1. The van der Waals surface area contributed by atoms with Crippen LogP contribution in [0.2, 0.25) is 0 Å². The first-order valence-electron chi connectivity index (χ1n) is 4.18. The van der Waals surface area contributed by atoms with Crippen LogP contribution in [0.15, 0.2) is 36.4 Å². The van der Waals surface area contributed by atoms with Gasteiger partial charge in [-0.3, -0.25) is 0 Å². The lowest BCUT2D eigenvalue weighted by atomic mass is 10.1. The molecular weight excluding hydrogens is 172 g/mol. The molecule has 2 heteroatoms. The number of fused-ring (bicyclic) bond motifs is 1. The second-order valence-corrected chi connectivity index (χ2v) is 2.97. The van der Waals surface area contributed by atoms with Crippen LogP contribution >= 0.6 is 0 Å². The Hall–Kier alpha value is -2.32. The maximum absolute atomic E-state index is 8.90. The molecule has 0 aliphatic heterocycles. The minimum absolute atomic E-state index is 0.600. The first kappa shape index (κ1) is 8.29. The van der Waals surface area contributed by atoms with Crippen LogP contribution in [0.5, 0.6) is 0 Å². The summed E-state index contributed by atoms with van der Waals surface area (Å²) in [5.74, 6) is 0. The Kier molecular flexibility index (Phi) is 1.89. The lowest BCUT2D eigenvalue weighted by Crippen LogP contribution is -1.73. The summed E-state index contributed by atoms with van der Waals surface area (Å²) in [6.07, 6.45) is 0. The van der Waals surface area contributed by atoms with Gasteiger partial charge in [0.05, 0.1) is 23.3 Å². The SMILES string of the molecule is N#Cc1cc2ccccc(C#N)c-2c1. The van der Waals surface area contributed by atoms with E-state index in [1.807, 2.05) is 18.2 Å². The van der Waals surface area contributed by atoms with Crippen LogP contribution in [0.1, 0.15) is 11.1 Å². The Morgan fingerprint density at radius 3 is 2.43 bits per heavy atom. The third-order valence-electron chi connectivity index (χ3n) is 2.11. The van der Waals surface area contributed by atoms with Crippen LogP contribution in [-0.2, 0) is 0 Å². The lowest BCUT2D eigenvalue weighted by Gasteiger charge is -1.91. The third-order valence-corrected chi connectivity index (χ3v) is 2.11. The molecule has 2 aliphatic rings. The summed E-state index contributed by atoms with van der Waals surface area (Å²) in [4.78, 5) is 0. The largest absolute Gasteiger partial charge is 0.192 e. The molecule has 2 aliphatic carbocycles. The number of nitriles is 2. The molecule has 0 aromatic heterocycles. The number of nitrogens with zero attached hydrogens (tertiary/aromatic N) is 2. The second kappa shape index (κ2) is 3.20. The fraction of sp³-hybridized carbons (Fsp3) is 0. The van der Waals surface area contributed by atoms with Crippen molar-refractivity contribution in [2.75, 3.05) is 0 Å². The predicted molar refractivity (Wildman–Crippen MR) is 52.5 cm³/mol. The molecule has 64 valence electrons. The van der Waals surface area contributed by atoms with Crippen molar-refractivity contribution in [3.63, 3.8) is 0 Å². The molecule has 0 spiro atoms. The maximum atomic E-state index is 8.90. The Bertz CT molecular complexity index is 529. The fourth-order valence-electron chi connectivity index (χ4n) is 1.46. The van der Waals surface area contributed by atoms with Gasteiger partial charge in [-0.2, -0.15) is 10.5 Å². The highest BCUT2D eigenvalue weighted by atomic mass is 14.3. The van der Waals surface area contributed by atoms with Gasteiger partial charge in [-0.25, -0.2) is 0 Å². The van der Waals surface area contributed by atoms with Crippen LogP contribution in [0.3, 0.4) is 0 Å². The van der Waals surface area contributed by atoms with Crippen molar-refractivity contribution in [1.29, 1.82) is 10.5 Å². The van der Waals surface area contributed by atoms with Gasteiger partial charge in [-0.15, -0.1) is 0 Å². The molecule has 14 heavy (non-hydrogen) atoms. The van der Waals surface area contributed by atoms with E-state index in [-0.39, 0.29) is 0 Å². The summed E-state index contributed by atoms with van der Waals surface area (Å²) in [6.45, 7) is 0. The van der Waals surface area contributed by atoms with Gasteiger partial charge in [0.15, 0.2) is 0 Å². The highest BCUT2D eigenvalue weighted by Crippen LogP contribution is 2.27. The highest BCUT2D eigenvalue weighted by Gasteiger charge is 2.08. The number of hydrogen-bond acceptors (Lipinski definition) is 2. The van der Waals surface area contributed by atoms with E-state index >= 15 is 0 Å². The van der Waals surface area contributed by atoms with Crippen molar-refractivity contribution < 1.29 is 0 Å². The average Bonchev–Trinajstić information content (AvgIpc) is 2.53. The molecule has 2 nitrogen and oxygen atoms in total. The molecule has 0 N–H and O–H groups in total.